The van der Waals surface area contributed by atoms with Gasteiger partial charge in [0.05, 0.1) is 15.7 Å². The lowest BCUT2D eigenvalue weighted by molar-refractivity contribution is 0.0929. The quantitative estimate of drug-likeness (QED) is 0.204. The van der Waals surface area contributed by atoms with Crippen molar-refractivity contribution in [1.82, 2.24) is 5.43 Å². The summed E-state index contributed by atoms with van der Waals surface area (Å²) in [6, 6.07) is 20.4. The van der Waals surface area contributed by atoms with Gasteiger partial charge >= 0.3 is 5.91 Å². The van der Waals surface area contributed by atoms with Gasteiger partial charge in [0, 0.05) is 9.86 Å². The number of benzene rings is 3. The first-order valence-electron chi connectivity index (χ1n) is 9.18. The van der Waals surface area contributed by atoms with Crippen molar-refractivity contribution in [3.05, 3.63) is 97.6 Å². The van der Waals surface area contributed by atoms with Crippen molar-refractivity contribution in [3.63, 3.8) is 0 Å². The summed E-state index contributed by atoms with van der Waals surface area (Å²) in [5, 5.41) is 5.27. The molecule has 0 radical (unpaired) electrons. The molecule has 156 valence electrons. The highest BCUT2D eigenvalue weighted by Gasteiger charge is 2.12. The standard InChI is InChI=1S/C23H15Br2ClN2O3/c24-17-7-5-14(6-8-17)13-30-22-18(25)9-15(10-19(22)26)12-27-28-23(29)21-11-16-3-1-2-4-20(16)31-21/h1-12H,13H2,(H,28,29)/b27-12+. The topological polar surface area (TPSA) is 63.8 Å². The highest BCUT2D eigenvalue weighted by molar-refractivity contribution is 9.10. The maximum Gasteiger partial charge on any atom is 0.307 e. The fraction of sp³-hybridized carbons (Fsp3) is 0.0435. The molecule has 0 aliphatic rings. The molecule has 0 fully saturated rings. The van der Waals surface area contributed by atoms with E-state index < -0.39 is 5.91 Å². The minimum absolute atomic E-state index is 0.189. The van der Waals surface area contributed by atoms with Crippen LogP contribution in [0.3, 0.4) is 0 Å². The molecule has 5 nitrogen and oxygen atoms in total. The second kappa shape index (κ2) is 9.68. The number of para-hydroxylation sites is 1. The third kappa shape index (κ3) is 5.36. The molecule has 0 aliphatic heterocycles. The van der Waals surface area contributed by atoms with E-state index in [4.69, 9.17) is 20.8 Å². The number of ether oxygens (including phenoxy) is 1. The summed E-state index contributed by atoms with van der Waals surface area (Å²) in [6.45, 7) is 0.382. The molecule has 3 aromatic carbocycles. The van der Waals surface area contributed by atoms with E-state index in [2.05, 4.69) is 42.4 Å². The van der Waals surface area contributed by atoms with Crippen LogP contribution in [-0.4, -0.2) is 12.1 Å². The number of nitrogens with zero attached hydrogens (tertiary/aromatic N) is 1. The summed E-state index contributed by atoms with van der Waals surface area (Å²) in [5.74, 6) is 0.286. The van der Waals surface area contributed by atoms with Crippen molar-refractivity contribution in [2.75, 3.05) is 0 Å². The normalized spacial score (nSPS) is 11.2. The number of halogens is 3. The van der Waals surface area contributed by atoms with Gasteiger partial charge in [-0.3, -0.25) is 4.79 Å². The van der Waals surface area contributed by atoms with Crippen LogP contribution in [0.15, 0.2) is 85.2 Å². The Hall–Kier alpha value is -2.61. The first-order chi connectivity index (χ1) is 15.0. The average molecular weight is 563 g/mol. The molecule has 1 amide bonds. The molecule has 0 saturated carbocycles. The zero-order valence-electron chi connectivity index (χ0n) is 15.9. The number of amides is 1. The Morgan fingerprint density at radius 3 is 2.61 bits per heavy atom. The van der Waals surface area contributed by atoms with Gasteiger partial charge in [-0.1, -0.05) is 57.9 Å². The van der Waals surface area contributed by atoms with Gasteiger partial charge in [0.25, 0.3) is 0 Å². The first kappa shape index (κ1) is 21.6. The average Bonchev–Trinajstić information content (AvgIpc) is 3.19. The van der Waals surface area contributed by atoms with Crippen molar-refractivity contribution >= 4 is 66.6 Å². The van der Waals surface area contributed by atoms with Crippen LogP contribution in [-0.2, 0) is 6.61 Å². The number of hydrazone groups is 1. The molecule has 4 aromatic rings. The number of carbonyl (C=O) groups excluding carboxylic acids is 1. The van der Waals surface area contributed by atoms with E-state index in [0.29, 0.717) is 33.0 Å². The number of rotatable bonds is 6. The SMILES string of the molecule is O=C(N/N=C/c1cc(Cl)c(OCc2ccc(Br)cc2)c(Br)c1)c1cc2ccccc2o1. The van der Waals surface area contributed by atoms with E-state index in [9.17, 15) is 4.79 Å². The van der Waals surface area contributed by atoms with Gasteiger partial charge in [-0.05, 0) is 63.5 Å². The lowest BCUT2D eigenvalue weighted by Gasteiger charge is -2.11. The molecule has 0 unspecified atom stereocenters. The molecule has 0 atom stereocenters. The second-order valence-electron chi connectivity index (χ2n) is 6.58. The van der Waals surface area contributed by atoms with Crippen molar-refractivity contribution < 1.29 is 13.9 Å². The van der Waals surface area contributed by atoms with Gasteiger partial charge < -0.3 is 9.15 Å². The Bertz CT molecular complexity index is 1210. The predicted octanol–water partition coefficient (Wildman–Crippen LogP) is 6.95. The number of fused-ring (bicyclic) bond motifs is 1. The van der Waals surface area contributed by atoms with E-state index >= 15 is 0 Å². The van der Waals surface area contributed by atoms with Crippen molar-refractivity contribution in [2.45, 2.75) is 6.61 Å². The molecule has 4 rings (SSSR count). The largest absolute Gasteiger partial charge is 0.486 e. The van der Waals surface area contributed by atoms with E-state index in [1.165, 1.54) is 6.21 Å². The summed E-state index contributed by atoms with van der Waals surface area (Å²) in [7, 11) is 0. The minimum Gasteiger partial charge on any atom is -0.486 e. The predicted molar refractivity (Wildman–Crippen MR) is 129 cm³/mol. The van der Waals surface area contributed by atoms with Crippen LogP contribution < -0.4 is 10.2 Å². The van der Waals surface area contributed by atoms with E-state index in [0.717, 1.165) is 15.4 Å². The number of hydrogen-bond acceptors (Lipinski definition) is 4. The van der Waals surface area contributed by atoms with Crippen LogP contribution in [0.1, 0.15) is 21.7 Å². The number of hydrogen-bond donors (Lipinski definition) is 1. The van der Waals surface area contributed by atoms with Crippen LogP contribution in [0.2, 0.25) is 5.02 Å². The third-order valence-electron chi connectivity index (χ3n) is 4.35. The molecule has 1 N–H and O–H groups in total. The maximum atomic E-state index is 12.3. The molecule has 1 aromatic heterocycles. The van der Waals surface area contributed by atoms with Gasteiger partial charge in [-0.25, -0.2) is 5.43 Å². The molecular formula is C23H15Br2ClN2O3. The second-order valence-corrected chi connectivity index (χ2v) is 8.75. The zero-order chi connectivity index (χ0) is 21.8. The highest BCUT2D eigenvalue weighted by Crippen LogP contribution is 2.34. The van der Waals surface area contributed by atoms with Crippen LogP contribution in [0.25, 0.3) is 11.0 Å². The Morgan fingerprint density at radius 2 is 1.87 bits per heavy atom. The smallest absolute Gasteiger partial charge is 0.307 e. The van der Waals surface area contributed by atoms with E-state index in [1.807, 2.05) is 42.5 Å². The fourth-order valence-electron chi connectivity index (χ4n) is 2.84. The van der Waals surface area contributed by atoms with Crippen molar-refractivity contribution in [1.29, 1.82) is 0 Å². The lowest BCUT2D eigenvalue weighted by atomic mass is 10.2. The summed E-state index contributed by atoms with van der Waals surface area (Å²) in [4.78, 5) is 12.3. The van der Waals surface area contributed by atoms with E-state index in [-0.39, 0.29) is 5.76 Å². The molecular weight excluding hydrogens is 548 g/mol. The van der Waals surface area contributed by atoms with Crippen LogP contribution in [0, 0.1) is 0 Å². The van der Waals surface area contributed by atoms with Crippen molar-refractivity contribution in [2.24, 2.45) is 5.10 Å². The van der Waals surface area contributed by atoms with Crippen LogP contribution in [0.5, 0.6) is 5.75 Å². The van der Waals surface area contributed by atoms with Gasteiger partial charge in [0.15, 0.2) is 11.5 Å². The number of furan rings is 1. The van der Waals surface area contributed by atoms with Gasteiger partial charge in [0.2, 0.25) is 0 Å². The minimum atomic E-state index is -0.438. The first-order valence-corrected chi connectivity index (χ1v) is 11.1. The third-order valence-corrected chi connectivity index (χ3v) is 5.74. The Morgan fingerprint density at radius 1 is 1.10 bits per heavy atom. The van der Waals surface area contributed by atoms with Crippen molar-refractivity contribution in [3.8, 4) is 5.75 Å². The fourth-order valence-corrected chi connectivity index (χ4v) is 4.10. The molecule has 0 bridgehead atoms. The Labute approximate surface area is 200 Å². The number of carbonyl (C=O) groups is 1. The van der Waals surface area contributed by atoms with E-state index in [1.54, 1.807) is 24.3 Å². The van der Waals surface area contributed by atoms with Gasteiger partial charge in [-0.15, -0.1) is 0 Å². The highest BCUT2D eigenvalue weighted by atomic mass is 79.9. The maximum absolute atomic E-state index is 12.3. The Kier molecular flexibility index (Phi) is 6.75. The van der Waals surface area contributed by atoms with Gasteiger partial charge in [-0.2, -0.15) is 5.10 Å². The molecule has 0 spiro atoms. The summed E-state index contributed by atoms with van der Waals surface area (Å²) in [5.41, 5.74) is 4.81. The molecule has 1 heterocycles. The summed E-state index contributed by atoms with van der Waals surface area (Å²) >= 11 is 13.3. The summed E-state index contributed by atoms with van der Waals surface area (Å²) in [6.07, 6.45) is 1.50. The molecule has 31 heavy (non-hydrogen) atoms. The molecule has 0 saturated heterocycles. The Balaban J connectivity index is 1.40. The molecule has 8 heteroatoms. The van der Waals surface area contributed by atoms with Gasteiger partial charge in [0.1, 0.15) is 12.2 Å². The summed E-state index contributed by atoms with van der Waals surface area (Å²) < 4.78 is 13.1. The number of nitrogens with one attached hydrogen (secondary N) is 1. The lowest BCUT2D eigenvalue weighted by Crippen LogP contribution is -2.16. The van der Waals surface area contributed by atoms with Crippen LogP contribution >= 0.6 is 43.5 Å². The molecule has 0 aliphatic carbocycles. The zero-order valence-corrected chi connectivity index (χ0v) is 19.9. The van der Waals surface area contributed by atoms with Crippen LogP contribution in [0.4, 0.5) is 0 Å². The monoisotopic (exact) mass is 560 g/mol.